The lowest BCUT2D eigenvalue weighted by molar-refractivity contribution is 0.413. The summed E-state index contributed by atoms with van der Waals surface area (Å²) in [5, 5.41) is 13.7. The predicted octanol–water partition coefficient (Wildman–Crippen LogP) is 5.30. The molecule has 0 saturated heterocycles. The van der Waals surface area contributed by atoms with Crippen LogP contribution in [0.4, 0.5) is 0 Å². The number of hydrogen-bond acceptors (Lipinski definition) is 6. The van der Waals surface area contributed by atoms with Crippen LogP contribution >= 0.6 is 11.3 Å². The second-order valence-corrected chi connectivity index (χ2v) is 7.90. The minimum Gasteiger partial charge on any atom is -0.495 e. The number of fused-ring (bicyclic) bond motifs is 2. The van der Waals surface area contributed by atoms with Crippen LogP contribution in [-0.2, 0) is 0 Å². The molecule has 0 aliphatic rings. The van der Waals surface area contributed by atoms with Gasteiger partial charge in [-0.05, 0) is 35.7 Å². The Morgan fingerprint density at radius 3 is 2.71 bits per heavy atom. The minimum atomic E-state index is 0.703. The fourth-order valence-electron chi connectivity index (χ4n) is 3.77. The van der Waals surface area contributed by atoms with E-state index in [2.05, 4.69) is 59.1 Å². The van der Waals surface area contributed by atoms with E-state index in [4.69, 9.17) is 4.74 Å². The lowest BCUT2D eigenvalue weighted by Gasteiger charge is -2.04. The minimum absolute atomic E-state index is 0.703. The van der Waals surface area contributed by atoms with Crippen molar-refractivity contribution in [2.75, 3.05) is 7.11 Å². The molecular weight excluding hydrogens is 408 g/mol. The molecule has 0 spiro atoms. The summed E-state index contributed by atoms with van der Waals surface area (Å²) in [5.41, 5.74) is 7.42. The van der Waals surface area contributed by atoms with Gasteiger partial charge in [-0.1, -0.05) is 0 Å². The fraction of sp³-hybridized carbons (Fsp3) is 0.0435. The summed E-state index contributed by atoms with van der Waals surface area (Å²) in [6.45, 7) is 0. The van der Waals surface area contributed by atoms with Crippen molar-refractivity contribution in [2.45, 2.75) is 0 Å². The van der Waals surface area contributed by atoms with Gasteiger partial charge in [-0.2, -0.15) is 16.4 Å². The molecule has 0 atom stereocenters. The van der Waals surface area contributed by atoms with Gasteiger partial charge in [0.05, 0.1) is 24.7 Å². The number of aromatic amines is 2. The number of pyridine rings is 3. The SMILES string of the molecule is COc1cncc(-c2cnc3[nH]nc(-c4cc5c(-c6ccsc6)nccc5[nH]4)c3c2)c1. The van der Waals surface area contributed by atoms with E-state index in [1.807, 2.05) is 24.5 Å². The van der Waals surface area contributed by atoms with Crippen LogP contribution in [0.1, 0.15) is 0 Å². The van der Waals surface area contributed by atoms with E-state index >= 15 is 0 Å². The Hall–Kier alpha value is -4.04. The summed E-state index contributed by atoms with van der Waals surface area (Å²) in [6.07, 6.45) is 7.12. The molecule has 150 valence electrons. The third-order valence-electron chi connectivity index (χ3n) is 5.30. The van der Waals surface area contributed by atoms with E-state index in [9.17, 15) is 0 Å². The molecule has 0 aliphatic heterocycles. The normalized spacial score (nSPS) is 11.4. The van der Waals surface area contributed by atoms with Crippen LogP contribution in [0.25, 0.3) is 55.7 Å². The molecule has 31 heavy (non-hydrogen) atoms. The second kappa shape index (κ2) is 7.03. The molecule has 0 fully saturated rings. The molecule has 0 amide bonds. The summed E-state index contributed by atoms with van der Waals surface area (Å²) < 4.78 is 5.31. The van der Waals surface area contributed by atoms with Gasteiger partial charge in [-0.15, -0.1) is 0 Å². The zero-order valence-corrected chi connectivity index (χ0v) is 17.3. The molecule has 0 aromatic carbocycles. The topological polar surface area (TPSA) is 92.4 Å². The number of nitrogens with zero attached hydrogens (tertiary/aromatic N) is 4. The average Bonchev–Trinajstić information content (AvgIpc) is 3.57. The van der Waals surface area contributed by atoms with Gasteiger partial charge in [0.1, 0.15) is 11.4 Å². The molecule has 7 nitrogen and oxygen atoms in total. The molecule has 6 rings (SSSR count). The van der Waals surface area contributed by atoms with Crippen LogP contribution in [0.3, 0.4) is 0 Å². The maximum absolute atomic E-state index is 5.31. The standard InChI is InChI=1S/C23H16N6OS/c1-30-16-6-14(9-24-11-16)15-7-18-22(28-29-23(18)26-10-15)20-8-17-19(27-20)2-4-25-21(17)13-3-5-31-12-13/h2-12,27H,1H3,(H,26,28,29). The first-order valence-electron chi connectivity index (χ1n) is 9.64. The highest BCUT2D eigenvalue weighted by Gasteiger charge is 2.15. The predicted molar refractivity (Wildman–Crippen MR) is 122 cm³/mol. The molecule has 0 unspecified atom stereocenters. The zero-order valence-electron chi connectivity index (χ0n) is 16.5. The van der Waals surface area contributed by atoms with Crippen molar-refractivity contribution in [2.24, 2.45) is 0 Å². The van der Waals surface area contributed by atoms with Crippen molar-refractivity contribution in [3.05, 3.63) is 65.9 Å². The summed E-state index contributed by atoms with van der Waals surface area (Å²) in [4.78, 5) is 16.9. The number of rotatable bonds is 4. The van der Waals surface area contributed by atoms with Crippen LogP contribution in [0.2, 0.25) is 0 Å². The van der Waals surface area contributed by atoms with Gasteiger partial charge < -0.3 is 9.72 Å². The number of aromatic nitrogens is 6. The Labute approximate surface area is 180 Å². The van der Waals surface area contributed by atoms with E-state index in [0.29, 0.717) is 5.75 Å². The van der Waals surface area contributed by atoms with Crippen molar-refractivity contribution in [3.8, 4) is 39.5 Å². The molecule has 8 heteroatoms. The third kappa shape index (κ3) is 2.96. The van der Waals surface area contributed by atoms with Gasteiger partial charge in [0, 0.05) is 57.0 Å². The molecule has 0 aliphatic carbocycles. The highest BCUT2D eigenvalue weighted by molar-refractivity contribution is 7.08. The molecular formula is C23H16N6OS. The first-order valence-corrected chi connectivity index (χ1v) is 10.6. The largest absolute Gasteiger partial charge is 0.495 e. The summed E-state index contributed by atoms with van der Waals surface area (Å²) in [5.74, 6) is 0.703. The molecule has 6 aromatic heterocycles. The first kappa shape index (κ1) is 17.8. The van der Waals surface area contributed by atoms with E-state index in [0.717, 1.165) is 55.7 Å². The van der Waals surface area contributed by atoms with Gasteiger partial charge in [-0.25, -0.2) is 4.98 Å². The fourth-order valence-corrected chi connectivity index (χ4v) is 4.41. The second-order valence-electron chi connectivity index (χ2n) is 7.12. The zero-order chi connectivity index (χ0) is 20.8. The molecule has 2 N–H and O–H groups in total. The quantitative estimate of drug-likeness (QED) is 0.401. The number of H-pyrrole nitrogens is 2. The Balaban J connectivity index is 1.50. The Bertz CT molecular complexity index is 1530. The van der Waals surface area contributed by atoms with E-state index in [-0.39, 0.29) is 0 Å². The van der Waals surface area contributed by atoms with Gasteiger partial charge >= 0.3 is 0 Å². The van der Waals surface area contributed by atoms with Crippen molar-refractivity contribution in [1.82, 2.24) is 30.1 Å². The number of ether oxygens (including phenoxy) is 1. The van der Waals surface area contributed by atoms with Crippen LogP contribution in [0.15, 0.2) is 65.9 Å². The lowest BCUT2D eigenvalue weighted by Crippen LogP contribution is -1.87. The van der Waals surface area contributed by atoms with E-state index < -0.39 is 0 Å². The number of hydrogen-bond donors (Lipinski definition) is 2. The molecule has 6 aromatic rings. The Morgan fingerprint density at radius 2 is 1.84 bits per heavy atom. The first-order chi connectivity index (χ1) is 15.3. The van der Waals surface area contributed by atoms with Crippen molar-refractivity contribution in [3.63, 3.8) is 0 Å². The van der Waals surface area contributed by atoms with Gasteiger partial charge in [-0.3, -0.25) is 15.1 Å². The summed E-state index contributed by atoms with van der Waals surface area (Å²) in [6, 6.07) is 10.2. The maximum Gasteiger partial charge on any atom is 0.155 e. The van der Waals surface area contributed by atoms with Crippen molar-refractivity contribution >= 4 is 33.3 Å². The molecule has 0 radical (unpaired) electrons. The monoisotopic (exact) mass is 424 g/mol. The van der Waals surface area contributed by atoms with E-state index in [1.165, 1.54) is 0 Å². The van der Waals surface area contributed by atoms with Crippen LogP contribution in [-0.4, -0.2) is 37.2 Å². The average molecular weight is 424 g/mol. The van der Waals surface area contributed by atoms with Crippen molar-refractivity contribution < 1.29 is 4.74 Å². The third-order valence-corrected chi connectivity index (χ3v) is 5.98. The molecule has 6 heterocycles. The molecule has 0 saturated carbocycles. The Morgan fingerprint density at radius 1 is 0.903 bits per heavy atom. The number of thiophene rings is 1. The number of nitrogens with one attached hydrogen (secondary N) is 2. The van der Waals surface area contributed by atoms with Gasteiger partial charge in [0.15, 0.2) is 5.65 Å². The van der Waals surface area contributed by atoms with Gasteiger partial charge in [0.2, 0.25) is 0 Å². The highest BCUT2D eigenvalue weighted by atomic mass is 32.1. The Kier molecular flexibility index (Phi) is 4.03. The summed E-state index contributed by atoms with van der Waals surface area (Å²) >= 11 is 1.66. The summed E-state index contributed by atoms with van der Waals surface area (Å²) in [7, 11) is 1.63. The van der Waals surface area contributed by atoms with Crippen LogP contribution in [0, 0.1) is 0 Å². The molecule has 0 bridgehead atoms. The van der Waals surface area contributed by atoms with Crippen LogP contribution in [0.5, 0.6) is 5.75 Å². The highest BCUT2D eigenvalue weighted by Crippen LogP contribution is 2.34. The van der Waals surface area contributed by atoms with Gasteiger partial charge in [0.25, 0.3) is 0 Å². The number of methoxy groups -OCH3 is 1. The van der Waals surface area contributed by atoms with Crippen molar-refractivity contribution in [1.29, 1.82) is 0 Å². The maximum atomic E-state index is 5.31. The smallest absolute Gasteiger partial charge is 0.155 e. The van der Waals surface area contributed by atoms with Crippen LogP contribution < -0.4 is 4.74 Å². The lowest BCUT2D eigenvalue weighted by atomic mass is 10.1. The van der Waals surface area contributed by atoms with E-state index in [1.54, 1.807) is 30.8 Å².